The molecule has 6 aromatic rings. The molecule has 9 atom stereocenters. The third kappa shape index (κ3) is 13.0. The molecule has 0 radical (unpaired) electrons. The number of H-pyrrole nitrogens is 1. The number of nitrogens with two attached hydrogens (primary N) is 1. The van der Waals surface area contributed by atoms with Crippen molar-refractivity contribution in [2.45, 2.75) is 147 Å². The first-order valence-corrected chi connectivity index (χ1v) is 30.5. The Labute approximate surface area is 513 Å². The molecule has 0 saturated carbocycles. The summed E-state index contributed by atoms with van der Waals surface area (Å²) in [5, 5.41) is 0. The number of carbonyl (C=O) groups is 5. The molecule has 0 unspecified atom stereocenters. The molecule has 478 valence electrons. The van der Waals surface area contributed by atoms with Gasteiger partial charge in [-0.25, -0.2) is 31.9 Å². The van der Waals surface area contributed by atoms with Crippen LogP contribution in [0.3, 0.4) is 0 Å². The van der Waals surface area contributed by atoms with E-state index in [-0.39, 0.29) is 101 Å². The van der Waals surface area contributed by atoms with Crippen LogP contribution >= 0.6 is 0 Å². The molecule has 4 saturated heterocycles. The largest absolute Gasteiger partial charge is 0.469 e. The number of aromatic amines is 1. The van der Waals surface area contributed by atoms with Gasteiger partial charge in [0.25, 0.3) is 0 Å². The van der Waals surface area contributed by atoms with Crippen molar-refractivity contribution in [3.05, 3.63) is 118 Å². The van der Waals surface area contributed by atoms with Gasteiger partial charge in [0.2, 0.25) is 11.8 Å². The number of fused-ring (bicyclic) bond motifs is 2. The number of hydrogen-bond donors (Lipinski definition) is 2. The van der Waals surface area contributed by atoms with E-state index in [4.69, 9.17) is 39.4 Å². The second-order valence-corrected chi connectivity index (χ2v) is 24.3. The SMILES string of the molecule is COC(=O)C[C@H](C(=O)N1CCC[C@H]1c1nc2cc(F)c([C@H]3CC[C@H](c4cc5nc([C@@H]6CCCN6C(=O)[C@@H](CC(=O)OC)[C@@H](C)OC)n(COC(=O)[C@@H](N)C(C)C)c5cc4F)N3c3cc(F)c(N4CCC(c5ccc(F)cc5)CC4)c(F)c3)cc2[nH]1)[C@@H](C)OC. The van der Waals surface area contributed by atoms with Gasteiger partial charge < -0.3 is 54.0 Å². The van der Waals surface area contributed by atoms with Gasteiger partial charge in [0.1, 0.15) is 40.8 Å². The second-order valence-electron chi connectivity index (χ2n) is 24.3. The molecule has 4 fully saturated rings. The monoisotopic (exact) mass is 1240 g/mol. The fourth-order valence-electron chi connectivity index (χ4n) is 13.6. The van der Waals surface area contributed by atoms with Crippen LogP contribution in [0.25, 0.3) is 22.1 Å². The first kappa shape index (κ1) is 64.3. The van der Waals surface area contributed by atoms with Crippen LogP contribution in [0.15, 0.2) is 60.7 Å². The van der Waals surface area contributed by atoms with Crippen molar-refractivity contribution in [2.75, 3.05) is 64.4 Å². The van der Waals surface area contributed by atoms with Crippen LogP contribution in [0.5, 0.6) is 0 Å². The zero-order chi connectivity index (χ0) is 63.7. The van der Waals surface area contributed by atoms with E-state index in [1.165, 1.54) is 75.5 Å². The number of carbonyl (C=O) groups excluding carboxylic acids is 5. The summed E-state index contributed by atoms with van der Waals surface area (Å²) in [6.45, 7) is 7.66. The molecule has 2 aromatic heterocycles. The number of piperidine rings is 1. The molecular weight excluding hydrogens is 1160 g/mol. The summed E-state index contributed by atoms with van der Waals surface area (Å²) in [4.78, 5) is 86.9. The number of hydrogen-bond acceptors (Lipinski definition) is 15. The van der Waals surface area contributed by atoms with Gasteiger partial charge in [-0.3, -0.25) is 28.5 Å². The summed E-state index contributed by atoms with van der Waals surface area (Å²) in [6.07, 6.45) is 1.65. The molecule has 89 heavy (non-hydrogen) atoms. The van der Waals surface area contributed by atoms with Gasteiger partial charge in [-0.2, -0.15) is 0 Å². The highest BCUT2D eigenvalue weighted by atomic mass is 19.1. The predicted octanol–water partition coefficient (Wildman–Crippen LogP) is 10.3. The minimum absolute atomic E-state index is 0.000163. The van der Waals surface area contributed by atoms with Crippen molar-refractivity contribution in [2.24, 2.45) is 23.5 Å². The third-order valence-corrected chi connectivity index (χ3v) is 18.8. The number of halogens is 5. The van der Waals surface area contributed by atoms with Gasteiger partial charge in [-0.15, -0.1) is 0 Å². The van der Waals surface area contributed by atoms with Crippen molar-refractivity contribution >= 4 is 63.2 Å². The molecule has 0 aliphatic carbocycles. The van der Waals surface area contributed by atoms with Crippen molar-refractivity contribution in [3.63, 3.8) is 0 Å². The van der Waals surface area contributed by atoms with Gasteiger partial charge in [-0.05, 0) is 119 Å². The Morgan fingerprint density at radius 3 is 1.74 bits per heavy atom. The first-order valence-electron chi connectivity index (χ1n) is 30.5. The molecular formula is C65H78F5N9O10. The number of aromatic nitrogens is 4. The van der Waals surface area contributed by atoms with Crippen LogP contribution in [-0.4, -0.2) is 132 Å². The van der Waals surface area contributed by atoms with Crippen molar-refractivity contribution in [1.82, 2.24) is 29.3 Å². The Balaban J connectivity index is 1.05. The highest BCUT2D eigenvalue weighted by molar-refractivity contribution is 5.86. The maximum absolute atomic E-state index is 17.7. The summed E-state index contributed by atoms with van der Waals surface area (Å²) in [5.74, 6) is -7.68. The average molecular weight is 1240 g/mol. The van der Waals surface area contributed by atoms with Gasteiger partial charge in [0.15, 0.2) is 18.4 Å². The summed E-state index contributed by atoms with van der Waals surface area (Å²) < 4.78 is 111. The van der Waals surface area contributed by atoms with E-state index in [2.05, 4.69) is 4.98 Å². The lowest BCUT2D eigenvalue weighted by Gasteiger charge is -2.36. The van der Waals surface area contributed by atoms with E-state index in [0.29, 0.717) is 69.5 Å². The quantitative estimate of drug-likeness (QED) is 0.0389. The Bertz CT molecular complexity index is 3570. The van der Waals surface area contributed by atoms with Crippen LogP contribution in [0.4, 0.5) is 33.3 Å². The van der Waals surface area contributed by atoms with Crippen LogP contribution < -0.4 is 15.5 Å². The van der Waals surface area contributed by atoms with Crippen LogP contribution in [-0.2, 0) is 54.4 Å². The second kappa shape index (κ2) is 27.2. The molecule has 19 nitrogen and oxygen atoms in total. The number of nitrogens with one attached hydrogen (secondary N) is 1. The molecule has 10 rings (SSSR count). The number of rotatable bonds is 21. The fourth-order valence-corrected chi connectivity index (χ4v) is 13.6. The van der Waals surface area contributed by atoms with E-state index >= 15 is 17.6 Å². The number of ether oxygens (including phenoxy) is 5. The van der Waals surface area contributed by atoms with Crippen molar-refractivity contribution in [3.8, 4) is 0 Å². The fraction of sp³-hybridized carbons (Fsp3) is 0.523. The summed E-state index contributed by atoms with van der Waals surface area (Å²) >= 11 is 0. The molecule has 4 aromatic carbocycles. The summed E-state index contributed by atoms with van der Waals surface area (Å²) in [5.41, 5.74) is 8.12. The molecule has 4 aliphatic heterocycles. The molecule has 4 aliphatic rings. The van der Waals surface area contributed by atoms with Gasteiger partial charge in [-0.1, -0.05) is 26.0 Å². The van der Waals surface area contributed by atoms with E-state index in [9.17, 15) is 28.4 Å². The van der Waals surface area contributed by atoms with Gasteiger partial charge >= 0.3 is 17.9 Å². The summed E-state index contributed by atoms with van der Waals surface area (Å²) in [7, 11) is 5.36. The molecule has 24 heteroatoms. The number of imidazole rings is 2. The lowest BCUT2D eigenvalue weighted by Crippen LogP contribution is -2.42. The average Bonchev–Trinajstić information content (AvgIpc) is 1.66. The lowest BCUT2D eigenvalue weighted by molar-refractivity contribution is -0.151. The number of methoxy groups -OCH3 is 4. The zero-order valence-corrected chi connectivity index (χ0v) is 51.4. The van der Waals surface area contributed by atoms with E-state index in [1.54, 1.807) is 65.5 Å². The minimum Gasteiger partial charge on any atom is -0.469 e. The van der Waals surface area contributed by atoms with Gasteiger partial charge in [0.05, 0.1) is 97.3 Å². The highest BCUT2D eigenvalue weighted by Crippen LogP contribution is 2.51. The third-order valence-electron chi connectivity index (χ3n) is 18.8. The number of esters is 3. The van der Waals surface area contributed by atoms with Crippen LogP contribution in [0.1, 0.15) is 150 Å². The predicted molar refractivity (Wildman–Crippen MR) is 319 cm³/mol. The van der Waals surface area contributed by atoms with Crippen molar-refractivity contribution < 1.29 is 69.6 Å². The van der Waals surface area contributed by atoms with Crippen molar-refractivity contribution in [1.29, 1.82) is 0 Å². The molecule has 0 spiro atoms. The Morgan fingerprint density at radius 1 is 0.629 bits per heavy atom. The Kier molecular flexibility index (Phi) is 19.6. The molecule has 2 amide bonds. The Hall–Kier alpha value is -7.70. The lowest BCUT2D eigenvalue weighted by atomic mass is 9.89. The zero-order valence-electron chi connectivity index (χ0n) is 51.4. The Morgan fingerprint density at radius 2 is 1.18 bits per heavy atom. The standard InChI is InChI=1S/C65H78F5N9O10/c1-34(2)59(71)65(84)89-33-78-56-32-46(68)44(28-51(56)74-62(78)55-12-10-22-77(55)64(83)42(36(4)86-6)30-58(81)88-8)53-18-17-52(79(53)40-25-47(69)60(48(70)26-40)75-23-19-38(20-24-75)37-13-15-39(66)16-14-37)43-27-49-50(31-45(43)67)73-61(72-49)54-11-9-21-76(54)63(82)41(35(3)85-5)29-57(80)87-7/h13-16,25-28,31-32,34-36,38,41-42,52-55,59H,9-12,17-24,29-30,33,71H2,1-8H3,(H,72,73)/t35-,36-,41+,42+,52-,53-,54+,55+,59+/m1/s1. The van der Waals surface area contributed by atoms with E-state index in [1.807, 2.05) is 0 Å². The van der Waals surface area contributed by atoms with Crippen LogP contribution in [0.2, 0.25) is 0 Å². The minimum atomic E-state index is -1.01. The maximum Gasteiger partial charge on any atom is 0.324 e. The van der Waals surface area contributed by atoms with E-state index < -0.39 is 108 Å². The number of anilines is 2. The first-order chi connectivity index (χ1) is 42.6. The number of amides is 2. The molecule has 0 bridgehead atoms. The smallest absolute Gasteiger partial charge is 0.324 e. The van der Waals surface area contributed by atoms with Crippen LogP contribution in [0, 0.1) is 46.8 Å². The summed E-state index contributed by atoms with van der Waals surface area (Å²) in [6, 6.07) is 9.90. The highest BCUT2D eigenvalue weighted by Gasteiger charge is 2.44. The maximum atomic E-state index is 17.7. The number of likely N-dealkylation sites (tertiary alicyclic amines) is 2. The topological polar surface area (TPSA) is 217 Å². The number of nitrogens with zero attached hydrogens (tertiary/aromatic N) is 7. The number of benzene rings is 4. The normalized spacial score (nSPS) is 20.8. The molecule has 6 heterocycles. The molecule has 3 N–H and O–H groups in total. The van der Waals surface area contributed by atoms with Gasteiger partial charge in [0, 0.05) is 69.3 Å². The van der Waals surface area contributed by atoms with E-state index in [0.717, 1.165) is 5.56 Å².